The van der Waals surface area contributed by atoms with E-state index in [4.69, 9.17) is 16.3 Å². The monoisotopic (exact) mass is 373 g/mol. The highest BCUT2D eigenvalue weighted by atomic mass is 79.9. The third kappa shape index (κ3) is 4.89. The van der Waals surface area contributed by atoms with Crippen molar-refractivity contribution in [3.8, 4) is 5.75 Å². The Morgan fingerprint density at radius 2 is 2.38 bits per heavy atom. The minimum atomic E-state index is -0.132. The number of alkyl halides is 1. The molecular weight excluding hydrogens is 354 g/mol. The summed E-state index contributed by atoms with van der Waals surface area (Å²) in [6, 6.07) is 7.08. The molecule has 0 bridgehead atoms. The van der Waals surface area contributed by atoms with Crippen LogP contribution in [-0.2, 0) is 4.79 Å². The molecule has 1 aromatic rings. The van der Waals surface area contributed by atoms with Crippen molar-refractivity contribution in [2.45, 2.75) is 38.1 Å². The highest BCUT2D eigenvalue weighted by molar-refractivity contribution is 9.09. The van der Waals surface area contributed by atoms with E-state index in [0.717, 1.165) is 24.6 Å². The zero-order chi connectivity index (χ0) is 15.3. The summed E-state index contributed by atoms with van der Waals surface area (Å²) in [6.07, 6.45) is 4.43. The normalized spacial score (nSPS) is 25.4. The molecule has 1 N–H and O–H groups in total. The Morgan fingerprint density at radius 3 is 3.05 bits per heavy atom. The van der Waals surface area contributed by atoms with Gasteiger partial charge < -0.3 is 10.1 Å². The first-order valence-electron chi connectivity index (χ1n) is 7.28. The van der Waals surface area contributed by atoms with Gasteiger partial charge in [0, 0.05) is 10.4 Å². The number of hydrogen-bond donors (Lipinski definition) is 1. The summed E-state index contributed by atoms with van der Waals surface area (Å²) in [5.41, 5.74) is -0.132. The average Bonchev–Trinajstić information content (AvgIpc) is 2.45. The molecule has 116 valence electrons. The van der Waals surface area contributed by atoms with E-state index in [2.05, 4.69) is 28.2 Å². The van der Waals surface area contributed by atoms with Gasteiger partial charge in [-0.3, -0.25) is 4.79 Å². The van der Waals surface area contributed by atoms with Crippen LogP contribution in [0.4, 0.5) is 0 Å². The molecule has 0 saturated heterocycles. The van der Waals surface area contributed by atoms with Gasteiger partial charge in [-0.25, -0.2) is 0 Å². The van der Waals surface area contributed by atoms with Crippen molar-refractivity contribution in [2.24, 2.45) is 5.92 Å². The molecule has 1 saturated carbocycles. The van der Waals surface area contributed by atoms with Crippen molar-refractivity contribution in [1.29, 1.82) is 0 Å². The number of hydrogen-bond acceptors (Lipinski definition) is 2. The molecule has 1 aliphatic carbocycles. The zero-order valence-electron chi connectivity index (χ0n) is 12.2. The summed E-state index contributed by atoms with van der Waals surface area (Å²) in [7, 11) is 0. The van der Waals surface area contributed by atoms with Crippen LogP contribution in [0.1, 0.15) is 32.6 Å². The molecular formula is C16H21BrClNO2. The van der Waals surface area contributed by atoms with Crippen molar-refractivity contribution in [3.05, 3.63) is 29.3 Å². The van der Waals surface area contributed by atoms with E-state index in [-0.39, 0.29) is 18.1 Å². The number of nitrogens with one attached hydrogen (secondary N) is 1. The SMILES string of the molecule is CC1CCCC(CBr)(NC(=O)COc2cccc(Cl)c2)C1. The van der Waals surface area contributed by atoms with E-state index in [1.165, 1.54) is 6.42 Å². The van der Waals surface area contributed by atoms with E-state index in [1.807, 2.05) is 0 Å². The summed E-state index contributed by atoms with van der Waals surface area (Å²) in [5, 5.41) is 4.54. The second-order valence-electron chi connectivity index (χ2n) is 5.91. The first-order chi connectivity index (χ1) is 10.0. The van der Waals surface area contributed by atoms with Crippen LogP contribution in [0.3, 0.4) is 0 Å². The number of ether oxygens (including phenoxy) is 1. The topological polar surface area (TPSA) is 38.3 Å². The molecule has 1 aliphatic rings. The van der Waals surface area contributed by atoms with Crippen LogP contribution in [-0.4, -0.2) is 23.4 Å². The van der Waals surface area contributed by atoms with Gasteiger partial charge in [0.2, 0.25) is 0 Å². The minimum absolute atomic E-state index is 0.0173. The largest absolute Gasteiger partial charge is 0.484 e. The number of rotatable bonds is 5. The molecule has 0 aromatic heterocycles. The van der Waals surface area contributed by atoms with Crippen LogP contribution in [0.15, 0.2) is 24.3 Å². The van der Waals surface area contributed by atoms with Gasteiger partial charge in [-0.15, -0.1) is 0 Å². The highest BCUT2D eigenvalue weighted by Gasteiger charge is 2.35. The molecule has 2 unspecified atom stereocenters. The lowest BCUT2D eigenvalue weighted by molar-refractivity contribution is -0.125. The summed E-state index contributed by atoms with van der Waals surface area (Å²) in [5.74, 6) is 1.18. The molecule has 21 heavy (non-hydrogen) atoms. The van der Waals surface area contributed by atoms with Gasteiger partial charge in [0.1, 0.15) is 5.75 Å². The van der Waals surface area contributed by atoms with Crippen molar-refractivity contribution >= 4 is 33.4 Å². The van der Waals surface area contributed by atoms with Crippen LogP contribution in [0.25, 0.3) is 0 Å². The maximum absolute atomic E-state index is 12.2. The fraction of sp³-hybridized carbons (Fsp3) is 0.562. The molecule has 0 aliphatic heterocycles. The second kappa shape index (κ2) is 7.50. The number of carbonyl (C=O) groups excluding carboxylic acids is 1. The van der Waals surface area contributed by atoms with Crippen molar-refractivity contribution in [2.75, 3.05) is 11.9 Å². The molecule has 0 radical (unpaired) electrons. The lowest BCUT2D eigenvalue weighted by Crippen LogP contribution is -2.53. The summed E-state index contributed by atoms with van der Waals surface area (Å²) in [4.78, 5) is 12.2. The Labute approximate surface area is 139 Å². The van der Waals surface area contributed by atoms with Gasteiger partial charge in [-0.2, -0.15) is 0 Å². The molecule has 2 atom stereocenters. The molecule has 5 heteroatoms. The Bertz CT molecular complexity index is 497. The first-order valence-corrected chi connectivity index (χ1v) is 8.78. The predicted molar refractivity (Wildman–Crippen MR) is 89.2 cm³/mol. The highest BCUT2D eigenvalue weighted by Crippen LogP contribution is 2.33. The molecule has 3 nitrogen and oxygen atoms in total. The van der Waals surface area contributed by atoms with E-state index >= 15 is 0 Å². The fourth-order valence-electron chi connectivity index (χ4n) is 2.97. The van der Waals surface area contributed by atoms with E-state index < -0.39 is 0 Å². The zero-order valence-corrected chi connectivity index (χ0v) is 14.5. The predicted octanol–water partition coefficient (Wildman–Crippen LogP) is 4.18. The summed E-state index contributed by atoms with van der Waals surface area (Å²) >= 11 is 9.45. The maximum atomic E-state index is 12.2. The van der Waals surface area contributed by atoms with Gasteiger partial charge >= 0.3 is 0 Å². The Morgan fingerprint density at radius 1 is 1.57 bits per heavy atom. The summed E-state index contributed by atoms with van der Waals surface area (Å²) < 4.78 is 5.49. The number of halogens is 2. The summed E-state index contributed by atoms with van der Waals surface area (Å²) in [6.45, 7) is 2.26. The lowest BCUT2D eigenvalue weighted by atomic mass is 9.77. The second-order valence-corrected chi connectivity index (χ2v) is 6.91. The smallest absolute Gasteiger partial charge is 0.258 e. The van der Waals surface area contributed by atoms with Crippen molar-refractivity contribution in [1.82, 2.24) is 5.32 Å². The van der Waals surface area contributed by atoms with Gasteiger partial charge in [-0.1, -0.05) is 53.4 Å². The third-order valence-corrected chi connectivity index (χ3v) is 5.23. The molecule has 1 fully saturated rings. The fourth-order valence-corrected chi connectivity index (χ4v) is 3.80. The van der Waals surface area contributed by atoms with E-state index in [9.17, 15) is 4.79 Å². The van der Waals surface area contributed by atoms with Gasteiger partial charge in [0.05, 0.1) is 5.54 Å². The number of carbonyl (C=O) groups is 1. The van der Waals surface area contributed by atoms with Gasteiger partial charge in [0.15, 0.2) is 6.61 Å². The van der Waals surface area contributed by atoms with Crippen LogP contribution in [0.5, 0.6) is 5.75 Å². The Balaban J connectivity index is 1.88. The van der Waals surface area contributed by atoms with Crippen LogP contribution in [0, 0.1) is 5.92 Å². The number of amides is 1. The molecule has 0 spiro atoms. The maximum Gasteiger partial charge on any atom is 0.258 e. The Kier molecular flexibility index (Phi) is 5.94. The first kappa shape index (κ1) is 16.6. The molecule has 1 amide bonds. The average molecular weight is 375 g/mol. The van der Waals surface area contributed by atoms with Crippen LogP contribution >= 0.6 is 27.5 Å². The minimum Gasteiger partial charge on any atom is -0.484 e. The van der Waals surface area contributed by atoms with Crippen molar-refractivity contribution in [3.63, 3.8) is 0 Å². The van der Waals surface area contributed by atoms with Crippen molar-refractivity contribution < 1.29 is 9.53 Å². The standard InChI is InChI=1S/C16H21BrClNO2/c1-12-4-3-7-16(9-12,11-17)19-15(20)10-21-14-6-2-5-13(18)8-14/h2,5-6,8,12H,3-4,7,9-11H2,1H3,(H,19,20). The molecule has 0 heterocycles. The quantitative estimate of drug-likeness (QED) is 0.785. The Hall–Kier alpha value is -0.740. The van der Waals surface area contributed by atoms with E-state index in [1.54, 1.807) is 24.3 Å². The third-order valence-electron chi connectivity index (χ3n) is 3.92. The van der Waals surface area contributed by atoms with Gasteiger partial charge in [-0.05, 0) is 37.0 Å². The van der Waals surface area contributed by atoms with Gasteiger partial charge in [0.25, 0.3) is 5.91 Å². The molecule has 1 aromatic carbocycles. The van der Waals surface area contributed by atoms with Crippen LogP contribution in [0.2, 0.25) is 5.02 Å². The lowest BCUT2D eigenvalue weighted by Gasteiger charge is -2.39. The van der Waals surface area contributed by atoms with E-state index in [0.29, 0.717) is 16.7 Å². The number of benzene rings is 1. The molecule has 2 rings (SSSR count). The van der Waals surface area contributed by atoms with Crippen LogP contribution < -0.4 is 10.1 Å².